The Morgan fingerprint density at radius 2 is 2.14 bits per heavy atom. The van der Waals surface area contributed by atoms with Crippen LogP contribution in [0.4, 0.5) is 0 Å². The van der Waals surface area contributed by atoms with Gasteiger partial charge in [-0.15, -0.1) is 0 Å². The topological polar surface area (TPSA) is 23.8 Å². The Morgan fingerprint density at radius 1 is 1.50 bits per heavy atom. The standard InChI is InChI=1S/C11H9BrClN/c1-7(6-14)11(13)9-4-3-5-10(12)8(9)2/h3-5H,1-2H3. The minimum atomic E-state index is 0.520. The predicted molar refractivity (Wildman–Crippen MR) is 62.9 cm³/mol. The summed E-state index contributed by atoms with van der Waals surface area (Å²) in [6, 6.07) is 7.80. The quantitative estimate of drug-likeness (QED) is 0.700. The zero-order valence-corrected chi connectivity index (χ0v) is 10.3. The van der Waals surface area contributed by atoms with Crippen LogP contribution in [-0.4, -0.2) is 0 Å². The van der Waals surface area contributed by atoms with Gasteiger partial charge in [0.1, 0.15) is 0 Å². The fourth-order valence-corrected chi connectivity index (χ4v) is 1.71. The van der Waals surface area contributed by atoms with Gasteiger partial charge in [0.25, 0.3) is 0 Å². The monoisotopic (exact) mass is 269 g/mol. The van der Waals surface area contributed by atoms with Crippen LogP contribution < -0.4 is 0 Å². The largest absolute Gasteiger partial charge is 0.193 e. The molecule has 0 saturated heterocycles. The van der Waals surface area contributed by atoms with Crippen molar-refractivity contribution in [3.8, 4) is 6.07 Å². The molecule has 3 heteroatoms. The van der Waals surface area contributed by atoms with Crippen molar-refractivity contribution in [3.05, 3.63) is 39.4 Å². The van der Waals surface area contributed by atoms with E-state index in [4.69, 9.17) is 16.9 Å². The number of allylic oxidation sites excluding steroid dienone is 1. The molecule has 0 amide bonds. The third-order valence-electron chi connectivity index (χ3n) is 2.00. The van der Waals surface area contributed by atoms with Gasteiger partial charge >= 0.3 is 0 Å². The van der Waals surface area contributed by atoms with Crippen molar-refractivity contribution in [2.75, 3.05) is 0 Å². The highest BCUT2D eigenvalue weighted by atomic mass is 79.9. The van der Waals surface area contributed by atoms with Crippen LogP contribution in [-0.2, 0) is 0 Å². The van der Waals surface area contributed by atoms with Crippen molar-refractivity contribution >= 4 is 32.6 Å². The van der Waals surface area contributed by atoms with Gasteiger partial charge in [-0.2, -0.15) is 5.26 Å². The SMILES string of the molecule is CC(C#N)=C(Cl)c1cccc(Br)c1C. The Balaban J connectivity index is 3.36. The lowest BCUT2D eigenvalue weighted by atomic mass is 10.1. The zero-order chi connectivity index (χ0) is 10.7. The Bertz CT molecular complexity index is 429. The molecule has 0 fully saturated rings. The minimum absolute atomic E-state index is 0.520. The lowest BCUT2D eigenvalue weighted by Gasteiger charge is -2.06. The molecule has 0 atom stereocenters. The molecule has 0 bridgehead atoms. The van der Waals surface area contributed by atoms with Crippen LogP contribution in [0, 0.1) is 18.3 Å². The predicted octanol–water partition coefficient (Wildman–Crippen LogP) is 4.25. The molecule has 72 valence electrons. The molecule has 1 rings (SSSR count). The van der Waals surface area contributed by atoms with Crippen LogP contribution in [0.1, 0.15) is 18.1 Å². The fraction of sp³-hybridized carbons (Fsp3) is 0.182. The number of halogens is 2. The van der Waals surface area contributed by atoms with Crippen LogP contribution in [0.25, 0.3) is 5.03 Å². The average molecular weight is 271 g/mol. The van der Waals surface area contributed by atoms with Gasteiger partial charge in [0.2, 0.25) is 0 Å². The van der Waals surface area contributed by atoms with Crippen LogP contribution in [0.5, 0.6) is 0 Å². The Morgan fingerprint density at radius 3 is 2.71 bits per heavy atom. The van der Waals surface area contributed by atoms with Gasteiger partial charge in [-0.25, -0.2) is 0 Å². The molecular weight excluding hydrogens is 261 g/mol. The van der Waals surface area contributed by atoms with Crippen molar-refractivity contribution < 1.29 is 0 Å². The summed E-state index contributed by atoms with van der Waals surface area (Å²) >= 11 is 9.49. The first-order chi connectivity index (χ1) is 6.57. The molecule has 1 aromatic carbocycles. The molecule has 1 nitrogen and oxygen atoms in total. The van der Waals surface area contributed by atoms with E-state index in [-0.39, 0.29) is 0 Å². The van der Waals surface area contributed by atoms with E-state index in [2.05, 4.69) is 15.9 Å². The second-order valence-corrected chi connectivity index (χ2v) is 4.20. The Kier molecular flexibility index (Phi) is 3.74. The molecule has 0 aliphatic carbocycles. The molecule has 0 radical (unpaired) electrons. The fourth-order valence-electron chi connectivity index (χ4n) is 1.10. The molecule has 0 spiro atoms. The molecule has 0 aromatic heterocycles. The summed E-state index contributed by atoms with van der Waals surface area (Å²) < 4.78 is 0.999. The van der Waals surface area contributed by atoms with Crippen molar-refractivity contribution in [3.63, 3.8) is 0 Å². The van der Waals surface area contributed by atoms with Gasteiger partial charge in [0, 0.05) is 10.0 Å². The first-order valence-corrected chi connectivity index (χ1v) is 5.27. The van der Waals surface area contributed by atoms with Crippen LogP contribution in [0.3, 0.4) is 0 Å². The highest BCUT2D eigenvalue weighted by Crippen LogP contribution is 2.29. The summed E-state index contributed by atoms with van der Waals surface area (Å²) in [5.74, 6) is 0. The van der Waals surface area contributed by atoms with Crippen LogP contribution >= 0.6 is 27.5 Å². The third kappa shape index (κ3) is 2.17. The van der Waals surface area contributed by atoms with Crippen molar-refractivity contribution in [2.24, 2.45) is 0 Å². The van der Waals surface area contributed by atoms with E-state index in [0.717, 1.165) is 15.6 Å². The number of rotatable bonds is 1. The summed E-state index contributed by atoms with van der Waals surface area (Å²) in [6.07, 6.45) is 0. The summed E-state index contributed by atoms with van der Waals surface area (Å²) in [6.45, 7) is 3.68. The molecule has 14 heavy (non-hydrogen) atoms. The number of benzene rings is 1. The molecule has 1 aromatic rings. The molecule has 0 aliphatic heterocycles. The smallest absolute Gasteiger partial charge is 0.0959 e. The first kappa shape index (κ1) is 11.3. The highest BCUT2D eigenvalue weighted by Gasteiger charge is 2.07. The lowest BCUT2D eigenvalue weighted by molar-refractivity contribution is 1.38. The van der Waals surface area contributed by atoms with Crippen LogP contribution in [0.15, 0.2) is 28.2 Å². The number of nitriles is 1. The van der Waals surface area contributed by atoms with Gasteiger partial charge in [-0.05, 0) is 31.0 Å². The maximum absolute atomic E-state index is 8.72. The summed E-state index contributed by atoms with van der Waals surface area (Å²) in [5, 5.41) is 9.24. The number of hydrogen-bond donors (Lipinski definition) is 0. The van der Waals surface area contributed by atoms with Crippen molar-refractivity contribution in [1.29, 1.82) is 5.26 Å². The van der Waals surface area contributed by atoms with E-state index >= 15 is 0 Å². The summed E-state index contributed by atoms with van der Waals surface area (Å²) in [7, 11) is 0. The van der Waals surface area contributed by atoms with E-state index < -0.39 is 0 Å². The average Bonchev–Trinajstić information content (AvgIpc) is 2.20. The van der Waals surface area contributed by atoms with E-state index in [1.165, 1.54) is 0 Å². The second-order valence-electron chi connectivity index (χ2n) is 2.96. The van der Waals surface area contributed by atoms with Gasteiger partial charge < -0.3 is 0 Å². The molecule has 0 saturated carbocycles. The first-order valence-electron chi connectivity index (χ1n) is 4.10. The molecule has 0 aliphatic rings. The maximum Gasteiger partial charge on any atom is 0.0959 e. The summed E-state index contributed by atoms with van der Waals surface area (Å²) in [5.41, 5.74) is 2.49. The molecular formula is C11H9BrClN. The Hall–Kier alpha value is -0.780. The third-order valence-corrected chi connectivity index (χ3v) is 3.35. The van der Waals surface area contributed by atoms with E-state index in [1.54, 1.807) is 6.92 Å². The lowest BCUT2D eigenvalue weighted by Crippen LogP contribution is -1.87. The molecule has 0 unspecified atom stereocenters. The maximum atomic E-state index is 8.72. The van der Waals surface area contributed by atoms with Crippen LogP contribution in [0.2, 0.25) is 0 Å². The van der Waals surface area contributed by atoms with Crippen molar-refractivity contribution in [1.82, 2.24) is 0 Å². The number of hydrogen-bond acceptors (Lipinski definition) is 1. The minimum Gasteiger partial charge on any atom is -0.193 e. The summed E-state index contributed by atoms with van der Waals surface area (Å²) in [4.78, 5) is 0. The molecule has 0 heterocycles. The number of nitrogens with zero attached hydrogens (tertiary/aromatic N) is 1. The van der Waals surface area contributed by atoms with Gasteiger partial charge in [0.05, 0.1) is 11.1 Å². The normalized spacial score (nSPS) is 11.9. The zero-order valence-electron chi connectivity index (χ0n) is 7.94. The molecule has 0 N–H and O–H groups in total. The highest BCUT2D eigenvalue weighted by molar-refractivity contribution is 9.10. The van der Waals surface area contributed by atoms with E-state index in [9.17, 15) is 0 Å². The van der Waals surface area contributed by atoms with Gasteiger partial charge in [0.15, 0.2) is 0 Å². The Labute approximate surface area is 97.1 Å². The van der Waals surface area contributed by atoms with Gasteiger partial charge in [-0.1, -0.05) is 39.7 Å². The second kappa shape index (κ2) is 4.63. The van der Waals surface area contributed by atoms with E-state index in [1.807, 2.05) is 31.2 Å². The van der Waals surface area contributed by atoms with E-state index in [0.29, 0.717) is 10.6 Å². The van der Waals surface area contributed by atoms with Gasteiger partial charge in [-0.3, -0.25) is 0 Å². The van der Waals surface area contributed by atoms with Crippen molar-refractivity contribution in [2.45, 2.75) is 13.8 Å².